The Bertz CT molecular complexity index is 403. The Morgan fingerprint density at radius 1 is 1.47 bits per heavy atom. The lowest BCUT2D eigenvalue weighted by Gasteiger charge is -2.48. The van der Waals surface area contributed by atoms with Crippen molar-refractivity contribution >= 4 is 6.29 Å². The van der Waals surface area contributed by atoms with Gasteiger partial charge in [0.1, 0.15) is 5.60 Å². The second-order valence-corrected chi connectivity index (χ2v) is 6.54. The third kappa shape index (κ3) is 2.00. The highest BCUT2D eigenvalue weighted by molar-refractivity contribution is 5.66. The summed E-state index contributed by atoms with van der Waals surface area (Å²) in [5.74, 6) is 0.639. The van der Waals surface area contributed by atoms with Gasteiger partial charge in [-0.3, -0.25) is 0 Å². The SMILES string of the molecule is CO[C@H]1C[C@@]2(C)[C@H](C#N)C[C@@H](C(C)C)C[C@@]2(C=O)O1. The van der Waals surface area contributed by atoms with E-state index in [1.807, 2.05) is 6.92 Å². The quantitative estimate of drug-likeness (QED) is 0.736. The minimum Gasteiger partial charge on any atom is -0.356 e. The molecule has 1 heterocycles. The summed E-state index contributed by atoms with van der Waals surface area (Å²) < 4.78 is 11.2. The number of ether oxygens (including phenoxy) is 2. The summed E-state index contributed by atoms with van der Waals surface area (Å²) in [5.41, 5.74) is -1.29. The summed E-state index contributed by atoms with van der Waals surface area (Å²) in [6.07, 6.45) is 2.70. The van der Waals surface area contributed by atoms with Gasteiger partial charge in [0.25, 0.3) is 0 Å². The topological polar surface area (TPSA) is 59.3 Å². The Morgan fingerprint density at radius 2 is 2.16 bits per heavy atom. The highest BCUT2D eigenvalue weighted by Gasteiger charge is 2.64. The Balaban J connectivity index is 2.41. The monoisotopic (exact) mass is 265 g/mol. The number of nitriles is 1. The molecule has 0 aromatic rings. The average molecular weight is 265 g/mol. The molecule has 0 amide bonds. The molecular weight excluding hydrogens is 242 g/mol. The smallest absolute Gasteiger partial charge is 0.159 e. The van der Waals surface area contributed by atoms with Crippen molar-refractivity contribution in [3.63, 3.8) is 0 Å². The van der Waals surface area contributed by atoms with Crippen molar-refractivity contribution in [3.05, 3.63) is 0 Å². The van der Waals surface area contributed by atoms with Crippen LogP contribution in [0.3, 0.4) is 0 Å². The molecule has 0 N–H and O–H groups in total. The van der Waals surface area contributed by atoms with Crippen LogP contribution in [0, 0.1) is 34.5 Å². The summed E-state index contributed by atoms with van der Waals surface area (Å²) >= 11 is 0. The lowest BCUT2D eigenvalue weighted by molar-refractivity contribution is -0.185. The van der Waals surface area contributed by atoms with Crippen LogP contribution in [0.2, 0.25) is 0 Å². The van der Waals surface area contributed by atoms with Gasteiger partial charge in [0.05, 0.1) is 12.0 Å². The number of rotatable bonds is 3. The molecule has 19 heavy (non-hydrogen) atoms. The Morgan fingerprint density at radius 3 is 2.63 bits per heavy atom. The van der Waals surface area contributed by atoms with Gasteiger partial charge in [-0.25, -0.2) is 0 Å². The number of fused-ring (bicyclic) bond motifs is 1. The van der Waals surface area contributed by atoms with E-state index < -0.39 is 11.0 Å². The van der Waals surface area contributed by atoms with Gasteiger partial charge < -0.3 is 14.3 Å². The van der Waals surface area contributed by atoms with E-state index in [9.17, 15) is 10.1 Å². The van der Waals surface area contributed by atoms with Crippen LogP contribution in [0.25, 0.3) is 0 Å². The molecule has 0 radical (unpaired) electrons. The number of carbonyl (C=O) groups excluding carboxylic acids is 1. The normalized spacial score (nSPS) is 45.8. The zero-order valence-electron chi connectivity index (χ0n) is 12.2. The van der Waals surface area contributed by atoms with Crippen LogP contribution in [0.1, 0.15) is 40.0 Å². The van der Waals surface area contributed by atoms with E-state index in [-0.39, 0.29) is 12.2 Å². The molecule has 0 bridgehead atoms. The number of hydrogen-bond donors (Lipinski definition) is 0. The molecule has 1 aliphatic carbocycles. The predicted octanol–water partition coefficient (Wildman–Crippen LogP) is 2.53. The molecule has 4 nitrogen and oxygen atoms in total. The highest BCUT2D eigenvalue weighted by Crippen LogP contribution is 2.59. The molecule has 0 spiro atoms. The maximum atomic E-state index is 11.8. The van der Waals surface area contributed by atoms with E-state index in [2.05, 4.69) is 19.9 Å². The van der Waals surface area contributed by atoms with Gasteiger partial charge in [-0.1, -0.05) is 20.8 Å². The van der Waals surface area contributed by atoms with Gasteiger partial charge in [0, 0.05) is 18.9 Å². The van der Waals surface area contributed by atoms with E-state index in [0.717, 1.165) is 12.7 Å². The standard InChI is InChI=1S/C15H23NO3/c1-10(2)11-5-12(8-16)14(3)7-13(18-4)19-15(14,6-11)9-17/h9-13H,5-7H2,1-4H3/t11-,12+,13-,14+,15+/m1/s1. The molecule has 1 aliphatic heterocycles. The van der Waals surface area contributed by atoms with Gasteiger partial charge in [-0.05, 0) is 24.7 Å². The number of nitrogens with zero attached hydrogens (tertiary/aromatic N) is 1. The fourth-order valence-electron chi connectivity index (χ4n) is 3.73. The van der Waals surface area contributed by atoms with Crippen LogP contribution in [0.5, 0.6) is 0 Å². The second-order valence-electron chi connectivity index (χ2n) is 6.54. The Kier molecular flexibility index (Phi) is 3.72. The molecule has 106 valence electrons. The predicted molar refractivity (Wildman–Crippen MR) is 70.1 cm³/mol. The number of hydrogen-bond acceptors (Lipinski definition) is 4. The molecular formula is C15H23NO3. The summed E-state index contributed by atoms with van der Waals surface area (Å²) in [5, 5.41) is 9.51. The minimum absolute atomic E-state index is 0.154. The fourth-order valence-corrected chi connectivity index (χ4v) is 3.73. The van der Waals surface area contributed by atoms with E-state index in [1.165, 1.54) is 0 Å². The van der Waals surface area contributed by atoms with Gasteiger partial charge in [0.15, 0.2) is 12.6 Å². The van der Waals surface area contributed by atoms with E-state index >= 15 is 0 Å². The van der Waals surface area contributed by atoms with Crippen molar-refractivity contribution < 1.29 is 14.3 Å². The summed E-state index contributed by atoms with van der Waals surface area (Å²) in [6.45, 7) is 6.29. The molecule has 5 atom stereocenters. The second kappa shape index (κ2) is 4.88. The first-order chi connectivity index (χ1) is 8.92. The summed E-state index contributed by atoms with van der Waals surface area (Å²) in [7, 11) is 1.59. The zero-order chi connectivity index (χ0) is 14.3. The Hall–Kier alpha value is -0.920. The van der Waals surface area contributed by atoms with E-state index in [0.29, 0.717) is 24.7 Å². The van der Waals surface area contributed by atoms with Crippen LogP contribution >= 0.6 is 0 Å². The van der Waals surface area contributed by atoms with Gasteiger partial charge in [0.2, 0.25) is 0 Å². The van der Waals surface area contributed by atoms with Crippen molar-refractivity contribution in [2.45, 2.75) is 51.9 Å². The average Bonchev–Trinajstić information content (AvgIpc) is 2.70. The van der Waals surface area contributed by atoms with Crippen LogP contribution < -0.4 is 0 Å². The first-order valence-corrected chi connectivity index (χ1v) is 6.99. The van der Waals surface area contributed by atoms with Gasteiger partial charge >= 0.3 is 0 Å². The first kappa shape index (κ1) is 14.5. The zero-order valence-corrected chi connectivity index (χ0v) is 12.2. The molecule has 4 heteroatoms. The van der Waals surface area contributed by atoms with Crippen molar-refractivity contribution in [2.75, 3.05) is 7.11 Å². The first-order valence-electron chi connectivity index (χ1n) is 6.99. The molecule has 2 aliphatic rings. The lowest BCUT2D eigenvalue weighted by atomic mass is 9.55. The van der Waals surface area contributed by atoms with Crippen molar-refractivity contribution in [1.29, 1.82) is 5.26 Å². The number of carbonyl (C=O) groups is 1. The summed E-state index contributed by atoms with van der Waals surface area (Å²) in [6, 6.07) is 2.41. The molecule has 1 saturated carbocycles. The highest BCUT2D eigenvalue weighted by atomic mass is 16.7. The van der Waals surface area contributed by atoms with Crippen LogP contribution in [0.15, 0.2) is 0 Å². The minimum atomic E-state index is -0.860. The molecule has 0 aromatic heterocycles. The molecule has 2 fully saturated rings. The van der Waals surface area contributed by atoms with Crippen LogP contribution in [-0.2, 0) is 14.3 Å². The third-order valence-electron chi connectivity index (χ3n) is 5.32. The number of methoxy groups -OCH3 is 1. The van der Waals surface area contributed by atoms with Crippen LogP contribution in [0.4, 0.5) is 0 Å². The molecule has 0 aromatic carbocycles. The van der Waals surface area contributed by atoms with Gasteiger partial charge in [-0.15, -0.1) is 0 Å². The fraction of sp³-hybridized carbons (Fsp3) is 0.867. The van der Waals surface area contributed by atoms with E-state index in [1.54, 1.807) is 7.11 Å². The number of aldehydes is 1. The third-order valence-corrected chi connectivity index (χ3v) is 5.32. The van der Waals surface area contributed by atoms with Crippen LogP contribution in [-0.4, -0.2) is 25.3 Å². The Labute approximate surface area is 115 Å². The maximum absolute atomic E-state index is 11.8. The maximum Gasteiger partial charge on any atom is 0.159 e. The largest absolute Gasteiger partial charge is 0.356 e. The molecule has 1 saturated heterocycles. The van der Waals surface area contributed by atoms with Crippen molar-refractivity contribution in [2.24, 2.45) is 23.2 Å². The molecule has 0 unspecified atom stereocenters. The summed E-state index contributed by atoms with van der Waals surface area (Å²) in [4.78, 5) is 11.8. The van der Waals surface area contributed by atoms with Crippen molar-refractivity contribution in [3.8, 4) is 6.07 Å². The molecule has 2 rings (SSSR count). The van der Waals surface area contributed by atoms with E-state index in [4.69, 9.17) is 9.47 Å². The van der Waals surface area contributed by atoms with Gasteiger partial charge in [-0.2, -0.15) is 5.26 Å². The lowest BCUT2D eigenvalue weighted by Crippen LogP contribution is -2.54. The van der Waals surface area contributed by atoms with Crippen molar-refractivity contribution in [1.82, 2.24) is 0 Å².